The van der Waals surface area contributed by atoms with E-state index in [0.717, 1.165) is 6.07 Å². The first kappa shape index (κ1) is 14.0. The van der Waals surface area contributed by atoms with Gasteiger partial charge in [-0.15, -0.1) is 0 Å². The van der Waals surface area contributed by atoms with Crippen LogP contribution in [0.3, 0.4) is 0 Å². The number of nitrogen functional groups attached to an aromatic ring is 1. The molecule has 0 aliphatic heterocycles. The van der Waals surface area contributed by atoms with Gasteiger partial charge < -0.3 is 15.8 Å². The van der Waals surface area contributed by atoms with Gasteiger partial charge in [-0.05, 0) is 25.1 Å². The molecule has 0 heterocycles. The SMILES string of the molecule is CCOC(=O)CCNC(=O)c1ccc(N)c(F)c1. The molecule has 0 saturated heterocycles. The molecular formula is C12H15FN2O3. The highest BCUT2D eigenvalue weighted by atomic mass is 19.1. The molecule has 18 heavy (non-hydrogen) atoms. The average molecular weight is 254 g/mol. The number of hydrogen-bond acceptors (Lipinski definition) is 4. The summed E-state index contributed by atoms with van der Waals surface area (Å²) in [7, 11) is 0. The first-order valence-corrected chi connectivity index (χ1v) is 5.53. The number of nitrogens with two attached hydrogens (primary N) is 1. The molecule has 1 amide bonds. The summed E-state index contributed by atoms with van der Waals surface area (Å²) < 4.78 is 17.8. The van der Waals surface area contributed by atoms with E-state index >= 15 is 0 Å². The van der Waals surface area contributed by atoms with Crippen molar-refractivity contribution in [1.82, 2.24) is 5.32 Å². The maximum absolute atomic E-state index is 13.1. The van der Waals surface area contributed by atoms with Gasteiger partial charge in [0.15, 0.2) is 0 Å². The number of esters is 1. The summed E-state index contributed by atoms with van der Waals surface area (Å²) in [6.45, 7) is 2.15. The molecule has 0 unspecified atom stereocenters. The lowest BCUT2D eigenvalue weighted by atomic mass is 10.2. The van der Waals surface area contributed by atoms with E-state index in [2.05, 4.69) is 5.32 Å². The Labute approximate surface area is 104 Å². The van der Waals surface area contributed by atoms with Crippen molar-refractivity contribution in [3.05, 3.63) is 29.6 Å². The van der Waals surface area contributed by atoms with Crippen LogP contribution in [-0.4, -0.2) is 25.0 Å². The smallest absolute Gasteiger partial charge is 0.307 e. The van der Waals surface area contributed by atoms with Crippen LogP contribution in [0.4, 0.5) is 10.1 Å². The normalized spacial score (nSPS) is 9.89. The van der Waals surface area contributed by atoms with Crippen molar-refractivity contribution in [3.63, 3.8) is 0 Å². The van der Waals surface area contributed by atoms with Crippen molar-refractivity contribution < 1.29 is 18.7 Å². The first-order valence-electron chi connectivity index (χ1n) is 5.53. The van der Waals surface area contributed by atoms with Gasteiger partial charge in [0.25, 0.3) is 5.91 Å². The van der Waals surface area contributed by atoms with Gasteiger partial charge in [-0.2, -0.15) is 0 Å². The van der Waals surface area contributed by atoms with Crippen LogP contribution < -0.4 is 11.1 Å². The topological polar surface area (TPSA) is 81.4 Å². The molecule has 1 aromatic carbocycles. The van der Waals surface area contributed by atoms with Crippen LogP contribution >= 0.6 is 0 Å². The minimum atomic E-state index is -0.645. The van der Waals surface area contributed by atoms with E-state index in [0.29, 0.717) is 6.61 Å². The van der Waals surface area contributed by atoms with Crippen molar-refractivity contribution >= 4 is 17.6 Å². The van der Waals surface area contributed by atoms with Crippen LogP contribution in [0.25, 0.3) is 0 Å². The summed E-state index contributed by atoms with van der Waals surface area (Å²) in [5.41, 5.74) is 5.44. The number of carbonyl (C=O) groups excluding carboxylic acids is 2. The van der Waals surface area contributed by atoms with Gasteiger partial charge in [-0.3, -0.25) is 9.59 Å². The van der Waals surface area contributed by atoms with Gasteiger partial charge in [-0.1, -0.05) is 0 Å². The molecule has 98 valence electrons. The second-order valence-electron chi connectivity index (χ2n) is 3.55. The molecule has 1 rings (SSSR count). The molecule has 0 spiro atoms. The van der Waals surface area contributed by atoms with Gasteiger partial charge in [0.1, 0.15) is 5.82 Å². The van der Waals surface area contributed by atoms with E-state index in [1.807, 2.05) is 0 Å². The van der Waals surface area contributed by atoms with Gasteiger partial charge in [-0.25, -0.2) is 4.39 Å². The zero-order valence-electron chi connectivity index (χ0n) is 10.0. The van der Waals surface area contributed by atoms with Crippen molar-refractivity contribution in [2.75, 3.05) is 18.9 Å². The highest BCUT2D eigenvalue weighted by Crippen LogP contribution is 2.11. The minimum absolute atomic E-state index is 0.0157. The Morgan fingerprint density at radius 2 is 2.17 bits per heavy atom. The summed E-state index contributed by atoms with van der Waals surface area (Å²) in [5, 5.41) is 2.49. The Morgan fingerprint density at radius 1 is 1.44 bits per heavy atom. The Kier molecular flexibility index (Phi) is 5.10. The van der Waals surface area contributed by atoms with E-state index in [1.54, 1.807) is 6.92 Å². The number of rotatable bonds is 5. The highest BCUT2D eigenvalue weighted by molar-refractivity contribution is 5.94. The third kappa shape index (κ3) is 4.04. The molecule has 0 aliphatic carbocycles. The summed E-state index contributed by atoms with van der Waals surface area (Å²) in [6.07, 6.45) is 0.0804. The first-order chi connectivity index (χ1) is 8.54. The number of carbonyl (C=O) groups is 2. The third-order valence-corrected chi connectivity index (χ3v) is 2.18. The van der Waals surface area contributed by atoms with Crippen molar-refractivity contribution in [1.29, 1.82) is 0 Å². The van der Waals surface area contributed by atoms with Crippen LogP contribution in [-0.2, 0) is 9.53 Å². The predicted molar refractivity (Wildman–Crippen MR) is 64.4 cm³/mol. The van der Waals surface area contributed by atoms with E-state index in [1.165, 1.54) is 12.1 Å². The van der Waals surface area contributed by atoms with E-state index in [-0.39, 0.29) is 30.2 Å². The molecule has 5 nitrogen and oxygen atoms in total. The Morgan fingerprint density at radius 3 is 2.78 bits per heavy atom. The molecule has 0 fully saturated rings. The molecule has 6 heteroatoms. The zero-order valence-corrected chi connectivity index (χ0v) is 10.0. The number of nitrogens with one attached hydrogen (secondary N) is 1. The monoisotopic (exact) mass is 254 g/mol. The van der Waals surface area contributed by atoms with Crippen LogP contribution in [0.15, 0.2) is 18.2 Å². The molecule has 0 saturated carbocycles. The zero-order chi connectivity index (χ0) is 13.5. The second-order valence-corrected chi connectivity index (χ2v) is 3.55. The third-order valence-electron chi connectivity index (χ3n) is 2.18. The molecule has 3 N–H and O–H groups in total. The maximum atomic E-state index is 13.1. The van der Waals surface area contributed by atoms with Crippen molar-refractivity contribution in [2.24, 2.45) is 0 Å². The van der Waals surface area contributed by atoms with Crippen LogP contribution in [0, 0.1) is 5.82 Å². The lowest BCUT2D eigenvalue weighted by Gasteiger charge is -2.06. The number of benzene rings is 1. The molecule has 1 aromatic rings. The van der Waals surface area contributed by atoms with E-state index in [4.69, 9.17) is 10.5 Å². The maximum Gasteiger partial charge on any atom is 0.307 e. The lowest BCUT2D eigenvalue weighted by molar-refractivity contribution is -0.142. The average Bonchev–Trinajstić information content (AvgIpc) is 2.33. The molecule has 0 bridgehead atoms. The molecular weight excluding hydrogens is 239 g/mol. The van der Waals surface area contributed by atoms with E-state index < -0.39 is 11.7 Å². The molecule has 0 aromatic heterocycles. The largest absolute Gasteiger partial charge is 0.466 e. The number of anilines is 1. The molecule has 0 aliphatic rings. The summed E-state index contributed by atoms with van der Waals surface area (Å²) in [5.74, 6) is -1.49. The number of amides is 1. The quantitative estimate of drug-likeness (QED) is 0.608. The molecule has 0 radical (unpaired) electrons. The fourth-order valence-electron chi connectivity index (χ4n) is 1.28. The lowest BCUT2D eigenvalue weighted by Crippen LogP contribution is -2.26. The van der Waals surface area contributed by atoms with Crippen molar-refractivity contribution in [2.45, 2.75) is 13.3 Å². The van der Waals surface area contributed by atoms with Gasteiger partial charge in [0.2, 0.25) is 0 Å². The van der Waals surface area contributed by atoms with Crippen LogP contribution in [0.2, 0.25) is 0 Å². The highest BCUT2D eigenvalue weighted by Gasteiger charge is 2.09. The Balaban J connectivity index is 2.45. The fraction of sp³-hybridized carbons (Fsp3) is 0.333. The van der Waals surface area contributed by atoms with Gasteiger partial charge >= 0.3 is 5.97 Å². The fourth-order valence-corrected chi connectivity index (χ4v) is 1.28. The Bertz CT molecular complexity index is 449. The minimum Gasteiger partial charge on any atom is -0.466 e. The summed E-state index contributed by atoms with van der Waals surface area (Å²) in [6, 6.07) is 3.78. The summed E-state index contributed by atoms with van der Waals surface area (Å²) >= 11 is 0. The molecule has 0 atom stereocenters. The number of hydrogen-bond donors (Lipinski definition) is 2. The van der Waals surface area contributed by atoms with Crippen LogP contribution in [0.1, 0.15) is 23.7 Å². The van der Waals surface area contributed by atoms with Crippen LogP contribution in [0.5, 0.6) is 0 Å². The van der Waals surface area contributed by atoms with E-state index in [9.17, 15) is 14.0 Å². The second kappa shape index (κ2) is 6.58. The van der Waals surface area contributed by atoms with Crippen molar-refractivity contribution in [3.8, 4) is 0 Å². The standard InChI is InChI=1S/C12H15FN2O3/c1-2-18-11(16)5-6-15-12(17)8-3-4-10(14)9(13)7-8/h3-4,7H,2,5-6,14H2,1H3,(H,15,17). The Hall–Kier alpha value is -2.11. The summed E-state index contributed by atoms with van der Waals surface area (Å²) in [4.78, 5) is 22.6. The van der Waals surface area contributed by atoms with Gasteiger partial charge in [0, 0.05) is 12.1 Å². The predicted octanol–water partition coefficient (Wildman–Crippen LogP) is 1.09. The number of halogens is 1. The van der Waals surface area contributed by atoms with Gasteiger partial charge in [0.05, 0.1) is 18.7 Å². The number of ether oxygens (including phenoxy) is 1.